The van der Waals surface area contributed by atoms with E-state index in [4.69, 9.17) is 4.42 Å². The minimum Gasteiger partial charge on any atom is -0.446 e. The van der Waals surface area contributed by atoms with Gasteiger partial charge in [0.15, 0.2) is 15.4 Å². The van der Waals surface area contributed by atoms with Crippen LogP contribution in [0.5, 0.6) is 0 Å². The molecule has 0 aliphatic carbocycles. The lowest BCUT2D eigenvalue weighted by molar-refractivity contribution is 0.553. The molecule has 0 aliphatic rings. The van der Waals surface area contributed by atoms with Crippen molar-refractivity contribution in [1.29, 1.82) is 0 Å². The van der Waals surface area contributed by atoms with E-state index in [1.807, 2.05) is 13.0 Å². The molecule has 3 nitrogen and oxygen atoms in total. The molecule has 1 N–H and O–H groups in total. The van der Waals surface area contributed by atoms with Crippen LogP contribution in [-0.2, 0) is 0 Å². The van der Waals surface area contributed by atoms with Gasteiger partial charge in [0.1, 0.15) is 0 Å². The number of rotatable bonds is 5. The molecule has 6 heteroatoms. The van der Waals surface area contributed by atoms with Crippen LogP contribution in [-0.4, -0.2) is 11.5 Å². The second-order valence-electron chi connectivity index (χ2n) is 4.38. The summed E-state index contributed by atoms with van der Waals surface area (Å²) >= 11 is 8.46. The monoisotopic (exact) mass is 406 g/mol. The van der Waals surface area contributed by atoms with Gasteiger partial charge in [-0.3, -0.25) is 0 Å². The standard InChI is InChI=1S/C13H16Br2N2OS/c1-4-5-16-7(2)11-8(3)17-13(19-11)10-6-9(14)12(15)18-10/h6-7,16H,4-5H2,1-3H3. The second kappa shape index (κ2) is 6.52. The van der Waals surface area contributed by atoms with Crippen molar-refractivity contribution in [2.75, 3.05) is 6.54 Å². The smallest absolute Gasteiger partial charge is 0.184 e. The Kier molecular flexibility index (Phi) is 5.22. The topological polar surface area (TPSA) is 38.1 Å². The van der Waals surface area contributed by atoms with Gasteiger partial charge in [0, 0.05) is 17.0 Å². The Morgan fingerprint density at radius 1 is 1.47 bits per heavy atom. The summed E-state index contributed by atoms with van der Waals surface area (Å²) in [5.74, 6) is 0.792. The first-order valence-electron chi connectivity index (χ1n) is 6.18. The fourth-order valence-corrected chi connectivity index (χ4v) is 3.44. The van der Waals surface area contributed by atoms with Crippen LogP contribution in [0.15, 0.2) is 19.6 Å². The van der Waals surface area contributed by atoms with Crippen LogP contribution in [0.1, 0.15) is 36.9 Å². The molecule has 2 aromatic rings. The van der Waals surface area contributed by atoms with Gasteiger partial charge in [-0.1, -0.05) is 6.92 Å². The Bertz CT molecular complexity index is 545. The van der Waals surface area contributed by atoms with E-state index in [1.54, 1.807) is 11.3 Å². The molecule has 0 radical (unpaired) electrons. The Morgan fingerprint density at radius 3 is 2.79 bits per heavy atom. The van der Waals surface area contributed by atoms with Crippen LogP contribution in [0, 0.1) is 6.92 Å². The third kappa shape index (κ3) is 3.48. The predicted octanol–water partition coefficient (Wildman–Crippen LogP) is 5.30. The number of nitrogens with one attached hydrogen (secondary N) is 1. The molecule has 104 valence electrons. The van der Waals surface area contributed by atoms with Crippen LogP contribution in [0.2, 0.25) is 0 Å². The van der Waals surface area contributed by atoms with Crippen molar-refractivity contribution in [2.45, 2.75) is 33.2 Å². The fourth-order valence-electron chi connectivity index (χ4n) is 1.82. The molecular formula is C13H16Br2N2OS. The first-order valence-corrected chi connectivity index (χ1v) is 8.59. The molecule has 19 heavy (non-hydrogen) atoms. The highest BCUT2D eigenvalue weighted by Gasteiger charge is 2.17. The first kappa shape index (κ1) is 15.2. The summed E-state index contributed by atoms with van der Waals surface area (Å²) in [6.45, 7) is 7.41. The zero-order valence-corrected chi connectivity index (χ0v) is 15.1. The van der Waals surface area contributed by atoms with Crippen LogP contribution in [0.4, 0.5) is 0 Å². The molecule has 0 aliphatic heterocycles. The molecule has 2 heterocycles. The van der Waals surface area contributed by atoms with Gasteiger partial charge in [-0.05, 0) is 58.7 Å². The van der Waals surface area contributed by atoms with Gasteiger partial charge < -0.3 is 9.73 Å². The molecule has 0 spiro atoms. The van der Waals surface area contributed by atoms with Gasteiger partial charge in [-0.15, -0.1) is 11.3 Å². The van der Waals surface area contributed by atoms with E-state index in [0.29, 0.717) is 10.7 Å². The summed E-state index contributed by atoms with van der Waals surface area (Å²) in [6.07, 6.45) is 1.13. The van der Waals surface area contributed by atoms with Crippen molar-refractivity contribution in [2.24, 2.45) is 0 Å². The van der Waals surface area contributed by atoms with E-state index in [-0.39, 0.29) is 0 Å². The largest absolute Gasteiger partial charge is 0.446 e. The zero-order valence-electron chi connectivity index (χ0n) is 11.1. The highest BCUT2D eigenvalue weighted by Crippen LogP contribution is 2.37. The quantitative estimate of drug-likeness (QED) is 0.730. The van der Waals surface area contributed by atoms with Crippen LogP contribution >= 0.6 is 43.2 Å². The van der Waals surface area contributed by atoms with Crippen molar-refractivity contribution >= 4 is 43.2 Å². The minimum atomic E-state index is 0.327. The molecule has 0 saturated heterocycles. The van der Waals surface area contributed by atoms with Gasteiger partial charge >= 0.3 is 0 Å². The van der Waals surface area contributed by atoms with E-state index in [1.165, 1.54) is 4.88 Å². The summed E-state index contributed by atoms with van der Waals surface area (Å²) in [5.41, 5.74) is 1.07. The van der Waals surface area contributed by atoms with Gasteiger partial charge in [0.25, 0.3) is 0 Å². The van der Waals surface area contributed by atoms with E-state index in [0.717, 1.165) is 33.9 Å². The lowest BCUT2D eigenvalue weighted by Crippen LogP contribution is -2.18. The molecule has 0 bridgehead atoms. The maximum Gasteiger partial charge on any atom is 0.184 e. The number of halogens is 2. The number of nitrogens with zero attached hydrogens (tertiary/aromatic N) is 1. The molecule has 1 atom stereocenters. The Morgan fingerprint density at radius 2 is 2.21 bits per heavy atom. The van der Waals surface area contributed by atoms with E-state index in [2.05, 4.69) is 56.0 Å². The number of furan rings is 1. The molecule has 0 amide bonds. The third-order valence-corrected chi connectivity index (χ3v) is 5.85. The summed E-state index contributed by atoms with van der Waals surface area (Å²) in [5, 5.41) is 4.41. The molecule has 0 aromatic carbocycles. The number of hydrogen-bond acceptors (Lipinski definition) is 4. The Labute approximate surface area is 134 Å². The van der Waals surface area contributed by atoms with Gasteiger partial charge in [0.2, 0.25) is 0 Å². The summed E-state index contributed by atoms with van der Waals surface area (Å²) in [6, 6.07) is 2.27. The van der Waals surface area contributed by atoms with E-state index in [9.17, 15) is 0 Å². The molecule has 2 rings (SSSR count). The lowest BCUT2D eigenvalue weighted by atomic mass is 10.2. The van der Waals surface area contributed by atoms with Gasteiger partial charge in [-0.2, -0.15) is 0 Å². The van der Waals surface area contributed by atoms with Crippen molar-refractivity contribution in [3.05, 3.63) is 25.8 Å². The van der Waals surface area contributed by atoms with Crippen molar-refractivity contribution in [3.63, 3.8) is 0 Å². The molecule has 0 fully saturated rings. The third-order valence-electron chi connectivity index (χ3n) is 2.78. The molecular weight excluding hydrogens is 392 g/mol. The first-order chi connectivity index (χ1) is 9.02. The number of aryl methyl sites for hydroxylation is 1. The molecule has 2 aromatic heterocycles. The van der Waals surface area contributed by atoms with Crippen molar-refractivity contribution in [3.8, 4) is 10.8 Å². The predicted molar refractivity (Wildman–Crippen MR) is 86.7 cm³/mol. The Balaban J connectivity index is 2.25. The highest BCUT2D eigenvalue weighted by atomic mass is 79.9. The van der Waals surface area contributed by atoms with Crippen molar-refractivity contribution in [1.82, 2.24) is 10.3 Å². The van der Waals surface area contributed by atoms with Crippen LogP contribution < -0.4 is 5.32 Å². The summed E-state index contributed by atoms with van der Waals surface area (Å²) in [7, 11) is 0. The molecule has 1 unspecified atom stereocenters. The summed E-state index contributed by atoms with van der Waals surface area (Å²) in [4.78, 5) is 5.88. The average Bonchev–Trinajstić information content (AvgIpc) is 2.91. The van der Waals surface area contributed by atoms with E-state index >= 15 is 0 Å². The SMILES string of the molecule is CCCNC(C)c1sc(-c2cc(Br)c(Br)o2)nc1C. The average molecular weight is 408 g/mol. The highest BCUT2D eigenvalue weighted by molar-refractivity contribution is 9.13. The van der Waals surface area contributed by atoms with Gasteiger partial charge in [-0.25, -0.2) is 4.98 Å². The number of aromatic nitrogens is 1. The zero-order chi connectivity index (χ0) is 14.0. The second-order valence-corrected chi connectivity index (χ2v) is 6.98. The fraction of sp³-hybridized carbons (Fsp3) is 0.462. The van der Waals surface area contributed by atoms with Crippen molar-refractivity contribution < 1.29 is 4.42 Å². The maximum absolute atomic E-state index is 5.63. The van der Waals surface area contributed by atoms with E-state index < -0.39 is 0 Å². The summed E-state index contributed by atoms with van der Waals surface area (Å²) < 4.78 is 7.24. The lowest BCUT2D eigenvalue weighted by Gasteiger charge is -2.11. The maximum atomic E-state index is 5.63. The Hall–Kier alpha value is -0.170. The molecule has 0 saturated carbocycles. The van der Waals surface area contributed by atoms with Gasteiger partial charge in [0.05, 0.1) is 10.2 Å². The number of thiazole rings is 1. The number of hydrogen-bond donors (Lipinski definition) is 1. The normalized spacial score (nSPS) is 12.9. The van der Waals surface area contributed by atoms with Crippen LogP contribution in [0.25, 0.3) is 10.8 Å². The van der Waals surface area contributed by atoms with Crippen LogP contribution in [0.3, 0.4) is 0 Å². The minimum absolute atomic E-state index is 0.327.